The molecule has 1 saturated carbocycles. The highest BCUT2D eigenvalue weighted by Crippen LogP contribution is 2.39. The van der Waals surface area contributed by atoms with E-state index in [1.165, 1.54) is 6.08 Å². The first-order valence-electron chi connectivity index (χ1n) is 9.38. The van der Waals surface area contributed by atoms with Crippen molar-refractivity contribution >= 4 is 21.7 Å². The number of amides is 2. The van der Waals surface area contributed by atoms with Gasteiger partial charge < -0.3 is 10.2 Å². The predicted octanol–water partition coefficient (Wildman–Crippen LogP) is 2.06. The summed E-state index contributed by atoms with van der Waals surface area (Å²) in [6, 6.07) is 7.06. The van der Waals surface area contributed by atoms with Gasteiger partial charge in [0.15, 0.2) is 9.84 Å². The molecule has 1 aliphatic heterocycles. The molecule has 0 unspecified atom stereocenters. The van der Waals surface area contributed by atoms with Gasteiger partial charge in [0.05, 0.1) is 10.5 Å². The van der Waals surface area contributed by atoms with Crippen LogP contribution in [0.5, 0.6) is 0 Å². The molecule has 27 heavy (non-hydrogen) atoms. The van der Waals surface area contributed by atoms with Crippen LogP contribution in [0.4, 0.5) is 0 Å². The molecule has 1 aromatic rings. The van der Waals surface area contributed by atoms with Gasteiger partial charge in [0, 0.05) is 25.2 Å². The highest BCUT2D eigenvalue weighted by Gasteiger charge is 2.49. The lowest BCUT2D eigenvalue weighted by molar-refractivity contribution is -0.116. The van der Waals surface area contributed by atoms with Crippen molar-refractivity contribution in [3.8, 4) is 0 Å². The smallest absolute Gasteiger partial charge is 0.253 e. The molecular formula is C20H26N2O4S. The van der Waals surface area contributed by atoms with E-state index < -0.39 is 14.6 Å². The van der Waals surface area contributed by atoms with Crippen molar-refractivity contribution in [1.29, 1.82) is 0 Å². The number of nitrogens with one attached hydrogen (secondary N) is 1. The maximum atomic E-state index is 12.9. The maximum Gasteiger partial charge on any atom is 0.253 e. The fraction of sp³-hybridized carbons (Fsp3) is 0.500. The van der Waals surface area contributed by atoms with Crippen LogP contribution in [0.3, 0.4) is 0 Å². The minimum absolute atomic E-state index is 0.0460. The van der Waals surface area contributed by atoms with Gasteiger partial charge in [-0.25, -0.2) is 8.42 Å². The normalized spacial score (nSPS) is 20.8. The van der Waals surface area contributed by atoms with Crippen LogP contribution in [0.1, 0.15) is 48.0 Å². The second kappa shape index (κ2) is 7.84. The van der Waals surface area contributed by atoms with E-state index in [0.29, 0.717) is 31.5 Å². The third-order valence-corrected chi connectivity index (χ3v) is 8.25. The number of carbonyl (C=O) groups is 2. The van der Waals surface area contributed by atoms with Gasteiger partial charge in [-0.05, 0) is 36.6 Å². The molecule has 2 aliphatic rings. The van der Waals surface area contributed by atoms with Gasteiger partial charge in [0.2, 0.25) is 5.91 Å². The molecule has 1 N–H and O–H groups in total. The van der Waals surface area contributed by atoms with Gasteiger partial charge in [-0.15, -0.1) is 0 Å². The molecule has 146 valence electrons. The Bertz CT molecular complexity index is 824. The summed E-state index contributed by atoms with van der Waals surface area (Å²) in [5, 5.41) is 2.69. The van der Waals surface area contributed by atoms with Crippen molar-refractivity contribution in [3.63, 3.8) is 0 Å². The van der Waals surface area contributed by atoms with Crippen molar-refractivity contribution in [3.05, 3.63) is 48.0 Å². The van der Waals surface area contributed by atoms with Crippen molar-refractivity contribution in [2.45, 2.75) is 43.4 Å². The minimum Gasteiger partial charge on any atom is -0.348 e. The zero-order valence-electron chi connectivity index (χ0n) is 15.4. The average molecular weight is 391 g/mol. The Labute approximate surface area is 160 Å². The highest BCUT2D eigenvalue weighted by molar-refractivity contribution is 7.92. The molecule has 6 nitrogen and oxygen atoms in total. The molecule has 2 amide bonds. The Kier molecular flexibility index (Phi) is 5.69. The lowest BCUT2D eigenvalue weighted by Gasteiger charge is -2.44. The standard InChI is InChI=1S/C20H26N2O4S/c1-2-18(23)21-14-16-6-8-17(9-7-16)19(24)22-12-13-27(25,26)20(15-22)10-4-3-5-11-20/h2,6-9H,1,3-5,10-15H2,(H,21,23). The molecule has 0 atom stereocenters. The third-order valence-electron chi connectivity index (χ3n) is 5.67. The predicted molar refractivity (Wildman–Crippen MR) is 104 cm³/mol. The molecule has 1 saturated heterocycles. The topological polar surface area (TPSA) is 83.6 Å². The summed E-state index contributed by atoms with van der Waals surface area (Å²) in [4.78, 5) is 25.8. The molecule has 1 aromatic carbocycles. The summed E-state index contributed by atoms with van der Waals surface area (Å²) in [7, 11) is -3.16. The number of nitrogens with zero attached hydrogens (tertiary/aromatic N) is 1. The molecule has 7 heteroatoms. The van der Waals surface area contributed by atoms with Gasteiger partial charge in [-0.1, -0.05) is 38.0 Å². The Balaban J connectivity index is 1.70. The molecule has 1 heterocycles. The largest absolute Gasteiger partial charge is 0.348 e. The number of rotatable bonds is 4. The Morgan fingerprint density at radius 3 is 2.44 bits per heavy atom. The summed E-state index contributed by atoms with van der Waals surface area (Å²) in [5.41, 5.74) is 1.42. The molecule has 3 rings (SSSR count). The van der Waals surface area contributed by atoms with Crippen LogP contribution in [0.2, 0.25) is 0 Å². The first-order chi connectivity index (χ1) is 12.9. The van der Waals surface area contributed by atoms with E-state index in [-0.39, 0.29) is 24.1 Å². The van der Waals surface area contributed by atoms with Gasteiger partial charge >= 0.3 is 0 Å². The number of benzene rings is 1. The SMILES string of the molecule is C=CC(=O)NCc1ccc(C(=O)N2CCS(=O)(=O)C3(CCCCC3)C2)cc1. The van der Waals surface area contributed by atoms with Crippen LogP contribution in [-0.4, -0.2) is 48.7 Å². The number of hydrogen-bond acceptors (Lipinski definition) is 4. The fourth-order valence-electron chi connectivity index (χ4n) is 4.02. The molecule has 1 aliphatic carbocycles. The monoisotopic (exact) mass is 390 g/mol. The minimum atomic E-state index is -3.16. The van der Waals surface area contributed by atoms with Crippen molar-refractivity contribution in [1.82, 2.24) is 10.2 Å². The fourth-order valence-corrected chi connectivity index (χ4v) is 6.18. The molecule has 0 aromatic heterocycles. The number of sulfone groups is 1. The summed E-state index contributed by atoms with van der Waals surface area (Å²) in [6.45, 7) is 4.32. The van der Waals surface area contributed by atoms with E-state index in [1.54, 1.807) is 29.2 Å². The Hall–Kier alpha value is -2.15. The second-order valence-electron chi connectivity index (χ2n) is 7.41. The van der Waals surface area contributed by atoms with Gasteiger partial charge in [0.25, 0.3) is 5.91 Å². The van der Waals surface area contributed by atoms with E-state index in [1.807, 2.05) is 0 Å². The van der Waals surface area contributed by atoms with Gasteiger partial charge in [0.1, 0.15) is 0 Å². The van der Waals surface area contributed by atoms with Crippen molar-refractivity contribution < 1.29 is 18.0 Å². The summed E-state index contributed by atoms with van der Waals surface area (Å²) in [5.74, 6) is -0.330. The average Bonchev–Trinajstić information content (AvgIpc) is 2.69. The molecular weight excluding hydrogens is 364 g/mol. The summed E-state index contributed by atoms with van der Waals surface area (Å²) < 4.78 is 24.6. The third kappa shape index (κ3) is 4.08. The highest BCUT2D eigenvalue weighted by atomic mass is 32.2. The van der Waals surface area contributed by atoms with Crippen LogP contribution < -0.4 is 5.32 Å². The zero-order chi connectivity index (χ0) is 19.5. The Morgan fingerprint density at radius 1 is 1.15 bits per heavy atom. The van der Waals surface area contributed by atoms with E-state index in [4.69, 9.17) is 0 Å². The number of hydrogen-bond donors (Lipinski definition) is 1. The van der Waals surface area contributed by atoms with Crippen molar-refractivity contribution in [2.24, 2.45) is 0 Å². The molecule has 1 spiro atoms. The summed E-state index contributed by atoms with van der Waals surface area (Å²) in [6.07, 6.45) is 5.40. The number of carbonyl (C=O) groups excluding carboxylic acids is 2. The molecule has 2 fully saturated rings. The van der Waals surface area contributed by atoms with E-state index in [0.717, 1.165) is 24.8 Å². The lowest BCUT2D eigenvalue weighted by atomic mass is 9.87. The quantitative estimate of drug-likeness (QED) is 0.798. The second-order valence-corrected chi connectivity index (χ2v) is 9.91. The van der Waals surface area contributed by atoms with E-state index >= 15 is 0 Å². The zero-order valence-corrected chi connectivity index (χ0v) is 16.3. The van der Waals surface area contributed by atoms with Gasteiger partial charge in [-0.3, -0.25) is 9.59 Å². The van der Waals surface area contributed by atoms with Crippen LogP contribution in [0.15, 0.2) is 36.9 Å². The van der Waals surface area contributed by atoms with E-state index in [2.05, 4.69) is 11.9 Å². The van der Waals surface area contributed by atoms with Crippen LogP contribution >= 0.6 is 0 Å². The van der Waals surface area contributed by atoms with Crippen molar-refractivity contribution in [2.75, 3.05) is 18.8 Å². The summed E-state index contributed by atoms with van der Waals surface area (Å²) >= 11 is 0. The van der Waals surface area contributed by atoms with Crippen LogP contribution in [-0.2, 0) is 21.2 Å². The maximum absolute atomic E-state index is 12.9. The molecule has 0 bridgehead atoms. The van der Waals surface area contributed by atoms with E-state index in [9.17, 15) is 18.0 Å². The van der Waals surface area contributed by atoms with Crippen LogP contribution in [0.25, 0.3) is 0 Å². The first kappa shape index (κ1) is 19.6. The van der Waals surface area contributed by atoms with Gasteiger partial charge in [-0.2, -0.15) is 0 Å². The Morgan fingerprint density at radius 2 is 1.81 bits per heavy atom. The lowest BCUT2D eigenvalue weighted by Crippen LogP contribution is -2.58. The van der Waals surface area contributed by atoms with Crippen LogP contribution in [0, 0.1) is 0 Å². The molecule has 0 radical (unpaired) electrons. The first-order valence-corrected chi connectivity index (χ1v) is 11.0.